The van der Waals surface area contributed by atoms with Crippen molar-refractivity contribution in [1.29, 1.82) is 0 Å². The van der Waals surface area contributed by atoms with Crippen LogP contribution in [0.5, 0.6) is 0 Å². The lowest BCUT2D eigenvalue weighted by molar-refractivity contribution is -0.122. The van der Waals surface area contributed by atoms with E-state index in [0.717, 1.165) is 48.9 Å². The van der Waals surface area contributed by atoms with Gasteiger partial charge in [0, 0.05) is 37.7 Å². The Labute approximate surface area is 198 Å². The highest BCUT2D eigenvalue weighted by Gasteiger charge is 2.42. The van der Waals surface area contributed by atoms with Crippen molar-refractivity contribution in [3.05, 3.63) is 76.8 Å². The van der Waals surface area contributed by atoms with Gasteiger partial charge in [-0.1, -0.05) is 24.3 Å². The molecule has 3 aliphatic rings. The number of imide groups is 1. The molecule has 2 amide bonds. The Kier molecular flexibility index (Phi) is 5.62. The monoisotopic (exact) mass is 462 g/mol. The second-order valence-corrected chi connectivity index (χ2v) is 9.32. The van der Waals surface area contributed by atoms with Gasteiger partial charge in [0.15, 0.2) is 0 Å². The number of hydrogen-bond acceptors (Lipinski definition) is 5. The molecule has 3 aliphatic heterocycles. The molecule has 1 saturated heterocycles. The Morgan fingerprint density at radius 1 is 1.09 bits per heavy atom. The standard InChI is InChI=1S/C27H27FN2O4/c1-17(31)30-23-14-20(28)8-9-21(23)25(26(30)32)24-15-22(27(2,3)34-24)19-6-4-18(5-7-19)16-29-10-12-33-13-11-29/h4-9,14-15H,10-13,16H2,1-3H3. The maximum absolute atomic E-state index is 13.9. The Hall–Kier alpha value is -3.29. The highest BCUT2D eigenvalue weighted by atomic mass is 19.1. The zero-order chi connectivity index (χ0) is 24.0. The van der Waals surface area contributed by atoms with Crippen LogP contribution in [0, 0.1) is 5.82 Å². The molecule has 5 rings (SSSR count). The van der Waals surface area contributed by atoms with Crippen LogP contribution >= 0.6 is 0 Å². The van der Waals surface area contributed by atoms with E-state index >= 15 is 0 Å². The number of ether oxygens (including phenoxy) is 2. The topological polar surface area (TPSA) is 59.1 Å². The Balaban J connectivity index is 1.50. The third-order valence-electron chi connectivity index (χ3n) is 6.51. The fourth-order valence-electron chi connectivity index (χ4n) is 4.81. The SMILES string of the molecule is CC(=O)N1C(=O)C(=C2C=C(c3ccc(CN4CCOCC4)cc3)C(C)(C)O2)c2ccc(F)cc21. The average Bonchev–Trinajstić information content (AvgIpc) is 3.26. The fourth-order valence-corrected chi connectivity index (χ4v) is 4.81. The minimum atomic E-state index is -0.682. The predicted molar refractivity (Wildman–Crippen MR) is 127 cm³/mol. The van der Waals surface area contributed by atoms with Gasteiger partial charge in [-0.3, -0.25) is 14.5 Å². The van der Waals surface area contributed by atoms with Crippen molar-refractivity contribution in [2.75, 3.05) is 31.2 Å². The largest absolute Gasteiger partial charge is 0.482 e. The highest BCUT2D eigenvalue weighted by Crippen LogP contribution is 2.46. The number of benzene rings is 2. The van der Waals surface area contributed by atoms with Gasteiger partial charge in [-0.15, -0.1) is 0 Å². The van der Waals surface area contributed by atoms with Gasteiger partial charge in [0.25, 0.3) is 5.91 Å². The number of carbonyl (C=O) groups is 2. The molecule has 0 spiro atoms. The summed E-state index contributed by atoms with van der Waals surface area (Å²) in [6.45, 7) is 9.46. The van der Waals surface area contributed by atoms with Crippen LogP contribution in [0.15, 0.2) is 54.3 Å². The summed E-state index contributed by atoms with van der Waals surface area (Å²) in [5.74, 6) is -1.09. The van der Waals surface area contributed by atoms with Crippen LogP contribution in [0.1, 0.15) is 37.5 Å². The summed E-state index contributed by atoms with van der Waals surface area (Å²) in [6, 6.07) is 12.4. The third-order valence-corrected chi connectivity index (χ3v) is 6.51. The fraction of sp³-hybridized carbons (Fsp3) is 0.333. The molecular formula is C27H27FN2O4. The first kappa shape index (κ1) is 22.5. The lowest BCUT2D eigenvalue weighted by Crippen LogP contribution is -2.35. The zero-order valence-corrected chi connectivity index (χ0v) is 19.6. The molecule has 0 aromatic heterocycles. The average molecular weight is 463 g/mol. The van der Waals surface area contributed by atoms with Crippen molar-refractivity contribution in [2.24, 2.45) is 0 Å². The summed E-state index contributed by atoms with van der Waals surface area (Å²) >= 11 is 0. The zero-order valence-electron chi connectivity index (χ0n) is 19.6. The summed E-state index contributed by atoms with van der Waals surface area (Å²) in [4.78, 5) is 28.7. The Bertz CT molecular complexity index is 1220. The van der Waals surface area contributed by atoms with Crippen LogP contribution in [0.2, 0.25) is 0 Å². The van der Waals surface area contributed by atoms with E-state index in [-0.39, 0.29) is 11.3 Å². The van der Waals surface area contributed by atoms with Gasteiger partial charge in [-0.05, 0) is 49.2 Å². The highest BCUT2D eigenvalue weighted by molar-refractivity contribution is 6.40. The summed E-state index contributed by atoms with van der Waals surface area (Å²) < 4.78 is 25.6. The maximum Gasteiger partial charge on any atom is 0.269 e. The first-order valence-electron chi connectivity index (χ1n) is 11.4. The summed E-state index contributed by atoms with van der Waals surface area (Å²) in [6.07, 6.45) is 1.86. The summed E-state index contributed by atoms with van der Waals surface area (Å²) in [7, 11) is 0. The predicted octanol–water partition coefficient (Wildman–Crippen LogP) is 4.15. The van der Waals surface area contributed by atoms with Gasteiger partial charge in [0.2, 0.25) is 5.91 Å². The Morgan fingerprint density at radius 2 is 1.79 bits per heavy atom. The number of anilines is 1. The molecule has 0 bridgehead atoms. The number of halogens is 1. The molecular weight excluding hydrogens is 435 g/mol. The molecule has 176 valence electrons. The molecule has 6 nitrogen and oxygen atoms in total. The number of amides is 2. The van der Waals surface area contributed by atoms with Crippen molar-refractivity contribution in [3.63, 3.8) is 0 Å². The van der Waals surface area contributed by atoms with E-state index < -0.39 is 23.2 Å². The number of fused-ring (bicyclic) bond motifs is 1. The van der Waals surface area contributed by atoms with Crippen LogP contribution in [0.3, 0.4) is 0 Å². The van der Waals surface area contributed by atoms with Crippen LogP contribution in [-0.2, 0) is 25.6 Å². The minimum Gasteiger partial charge on any atom is -0.482 e. The lowest BCUT2D eigenvalue weighted by Gasteiger charge is -2.27. The number of hydrogen-bond donors (Lipinski definition) is 0. The molecule has 0 radical (unpaired) electrons. The van der Waals surface area contributed by atoms with E-state index in [1.807, 2.05) is 19.9 Å². The van der Waals surface area contributed by atoms with Crippen LogP contribution < -0.4 is 4.90 Å². The Morgan fingerprint density at radius 3 is 2.47 bits per heavy atom. The minimum absolute atomic E-state index is 0.246. The molecule has 0 unspecified atom stereocenters. The molecule has 34 heavy (non-hydrogen) atoms. The van der Waals surface area contributed by atoms with Gasteiger partial charge in [-0.25, -0.2) is 9.29 Å². The van der Waals surface area contributed by atoms with Gasteiger partial charge in [0.1, 0.15) is 17.2 Å². The molecule has 7 heteroatoms. The van der Waals surface area contributed by atoms with E-state index in [9.17, 15) is 14.0 Å². The second-order valence-electron chi connectivity index (χ2n) is 9.32. The summed E-state index contributed by atoms with van der Waals surface area (Å²) in [5, 5.41) is 0. The number of morpholine rings is 1. The third kappa shape index (κ3) is 3.95. The molecule has 0 aliphatic carbocycles. The molecule has 2 aromatic rings. The molecule has 0 N–H and O–H groups in total. The van der Waals surface area contributed by atoms with E-state index in [0.29, 0.717) is 11.3 Å². The molecule has 0 atom stereocenters. The van der Waals surface area contributed by atoms with Gasteiger partial charge in [0.05, 0.1) is 24.5 Å². The number of carbonyl (C=O) groups excluding carboxylic acids is 2. The molecule has 1 fully saturated rings. The lowest BCUT2D eigenvalue weighted by atomic mass is 9.91. The van der Waals surface area contributed by atoms with E-state index in [2.05, 4.69) is 29.2 Å². The maximum atomic E-state index is 13.9. The molecule has 0 saturated carbocycles. The van der Waals surface area contributed by atoms with E-state index in [1.54, 1.807) is 0 Å². The quantitative estimate of drug-likeness (QED) is 0.642. The van der Waals surface area contributed by atoms with Crippen LogP contribution in [-0.4, -0.2) is 48.6 Å². The number of rotatable bonds is 3. The van der Waals surface area contributed by atoms with Crippen molar-refractivity contribution in [3.8, 4) is 0 Å². The van der Waals surface area contributed by atoms with Gasteiger partial charge in [-0.2, -0.15) is 0 Å². The van der Waals surface area contributed by atoms with Crippen molar-refractivity contribution < 1.29 is 23.5 Å². The molecule has 3 heterocycles. The second kappa shape index (κ2) is 8.49. The number of nitrogens with zero attached hydrogens (tertiary/aromatic N) is 2. The van der Waals surface area contributed by atoms with E-state index in [1.165, 1.54) is 30.7 Å². The molecule has 2 aromatic carbocycles. The number of allylic oxidation sites excluding steroid dienone is 1. The smallest absolute Gasteiger partial charge is 0.269 e. The van der Waals surface area contributed by atoms with Crippen molar-refractivity contribution in [1.82, 2.24) is 4.90 Å². The first-order valence-corrected chi connectivity index (χ1v) is 11.4. The first-order chi connectivity index (χ1) is 16.2. The van der Waals surface area contributed by atoms with Crippen molar-refractivity contribution in [2.45, 2.75) is 32.9 Å². The van der Waals surface area contributed by atoms with Crippen molar-refractivity contribution >= 4 is 28.6 Å². The summed E-state index contributed by atoms with van der Waals surface area (Å²) in [5.41, 5.74) is 3.49. The van der Waals surface area contributed by atoms with Gasteiger partial charge < -0.3 is 9.47 Å². The van der Waals surface area contributed by atoms with E-state index in [4.69, 9.17) is 9.47 Å². The van der Waals surface area contributed by atoms with Crippen LogP contribution in [0.4, 0.5) is 10.1 Å². The van der Waals surface area contributed by atoms with Crippen LogP contribution in [0.25, 0.3) is 11.1 Å². The van der Waals surface area contributed by atoms with Gasteiger partial charge >= 0.3 is 0 Å². The normalized spacial score (nSPS) is 21.9.